The minimum Gasteiger partial charge on any atom is -0.429 e. The summed E-state index contributed by atoms with van der Waals surface area (Å²) in [5, 5.41) is 0. The van der Waals surface area contributed by atoms with Crippen molar-refractivity contribution in [3.63, 3.8) is 0 Å². The zero-order valence-electron chi connectivity index (χ0n) is 15.0. The van der Waals surface area contributed by atoms with Crippen LogP contribution in [0, 0.1) is 20.8 Å². The van der Waals surface area contributed by atoms with Crippen molar-refractivity contribution in [3.05, 3.63) is 71.4 Å². The molecule has 0 aliphatic heterocycles. The van der Waals surface area contributed by atoms with Gasteiger partial charge in [-0.15, -0.1) is 0 Å². The van der Waals surface area contributed by atoms with Crippen molar-refractivity contribution in [2.45, 2.75) is 20.8 Å². The van der Waals surface area contributed by atoms with Crippen molar-refractivity contribution in [1.29, 1.82) is 0 Å². The van der Waals surface area contributed by atoms with Crippen molar-refractivity contribution in [2.24, 2.45) is 7.05 Å². The molecule has 2 aromatic carbocycles. The van der Waals surface area contributed by atoms with Gasteiger partial charge in [-0.3, -0.25) is 0 Å². The van der Waals surface area contributed by atoms with Gasteiger partial charge in [0, 0.05) is 11.6 Å². The molecule has 124 valence electrons. The molecule has 2 heterocycles. The Bertz CT molecular complexity index is 1080. The fourth-order valence-corrected chi connectivity index (χ4v) is 3.33. The molecule has 0 bridgehead atoms. The van der Waals surface area contributed by atoms with E-state index in [0.717, 1.165) is 22.4 Å². The van der Waals surface area contributed by atoms with Crippen LogP contribution < -0.4 is 4.57 Å². The third-order valence-corrected chi connectivity index (χ3v) is 4.76. The summed E-state index contributed by atoms with van der Waals surface area (Å²) in [7, 11) is 2.05. The summed E-state index contributed by atoms with van der Waals surface area (Å²) in [6, 6.07) is 16.5. The number of fused-ring (bicyclic) bond motifs is 1. The Labute approximate surface area is 147 Å². The Hall–Kier alpha value is -2.94. The standard InChI is InChI=1S/C22H21N2O/c1-14-12-15(2)16(3)18(13-14)20-21-19(10-11-24(20)4)23-22(25-21)17-8-6-5-7-9-17/h5-13H,1-4H3/q+1. The predicted octanol–water partition coefficient (Wildman–Crippen LogP) is 4.91. The molecular weight excluding hydrogens is 308 g/mol. The molecule has 0 spiro atoms. The quantitative estimate of drug-likeness (QED) is 0.489. The number of hydrogen-bond donors (Lipinski definition) is 0. The molecule has 0 N–H and O–H groups in total. The molecule has 4 aromatic rings. The van der Waals surface area contributed by atoms with Crippen LogP contribution >= 0.6 is 0 Å². The SMILES string of the molecule is Cc1cc(C)c(C)c(-c2c3oc(-c4ccccc4)nc3cc[n+]2C)c1. The van der Waals surface area contributed by atoms with E-state index in [9.17, 15) is 0 Å². The van der Waals surface area contributed by atoms with E-state index >= 15 is 0 Å². The van der Waals surface area contributed by atoms with Gasteiger partial charge in [0.25, 0.3) is 5.69 Å². The second kappa shape index (κ2) is 5.85. The van der Waals surface area contributed by atoms with Gasteiger partial charge in [-0.1, -0.05) is 29.8 Å². The molecule has 4 rings (SSSR count). The van der Waals surface area contributed by atoms with Crippen LogP contribution in [-0.4, -0.2) is 4.98 Å². The predicted molar refractivity (Wildman–Crippen MR) is 100 cm³/mol. The van der Waals surface area contributed by atoms with E-state index in [4.69, 9.17) is 9.40 Å². The minimum absolute atomic E-state index is 0.657. The van der Waals surface area contributed by atoms with E-state index in [2.05, 4.69) is 44.5 Å². The number of pyridine rings is 1. The van der Waals surface area contributed by atoms with Crippen molar-refractivity contribution < 1.29 is 8.98 Å². The van der Waals surface area contributed by atoms with Gasteiger partial charge in [-0.05, 0) is 50.1 Å². The zero-order valence-corrected chi connectivity index (χ0v) is 15.0. The largest absolute Gasteiger partial charge is 0.429 e. The van der Waals surface area contributed by atoms with E-state index < -0.39 is 0 Å². The van der Waals surface area contributed by atoms with Gasteiger partial charge < -0.3 is 4.42 Å². The van der Waals surface area contributed by atoms with Gasteiger partial charge in [0.05, 0.1) is 5.56 Å². The highest BCUT2D eigenvalue weighted by Gasteiger charge is 2.23. The molecule has 0 unspecified atom stereocenters. The average molecular weight is 329 g/mol. The van der Waals surface area contributed by atoms with Crippen molar-refractivity contribution in [1.82, 2.24) is 4.98 Å². The monoisotopic (exact) mass is 329 g/mol. The Morgan fingerprint density at radius 1 is 0.960 bits per heavy atom. The van der Waals surface area contributed by atoms with Crippen LogP contribution in [0.5, 0.6) is 0 Å². The number of rotatable bonds is 2. The van der Waals surface area contributed by atoms with Crippen LogP contribution in [0.15, 0.2) is 59.1 Å². The van der Waals surface area contributed by atoms with Gasteiger partial charge in [0.2, 0.25) is 11.5 Å². The first-order chi connectivity index (χ1) is 12.0. The molecule has 3 nitrogen and oxygen atoms in total. The maximum Gasteiger partial charge on any atom is 0.257 e. The van der Waals surface area contributed by atoms with E-state index in [1.807, 2.05) is 42.6 Å². The number of aromatic nitrogens is 2. The van der Waals surface area contributed by atoms with Crippen LogP contribution in [0.25, 0.3) is 33.8 Å². The second-order valence-electron chi connectivity index (χ2n) is 6.63. The number of oxazole rings is 1. The normalized spacial score (nSPS) is 11.2. The maximum atomic E-state index is 6.22. The molecule has 25 heavy (non-hydrogen) atoms. The summed E-state index contributed by atoms with van der Waals surface area (Å²) in [5.41, 5.74) is 8.77. The third kappa shape index (κ3) is 2.62. The molecule has 0 saturated carbocycles. The molecule has 3 heteroatoms. The number of nitrogens with zero attached hydrogens (tertiary/aromatic N) is 2. The molecular formula is C22H21N2O+. The summed E-state index contributed by atoms with van der Waals surface area (Å²) in [6.45, 7) is 6.45. The van der Waals surface area contributed by atoms with Gasteiger partial charge in [0.15, 0.2) is 6.20 Å². The maximum absolute atomic E-state index is 6.22. The van der Waals surface area contributed by atoms with Gasteiger partial charge >= 0.3 is 0 Å². The van der Waals surface area contributed by atoms with Crippen LogP contribution in [0.3, 0.4) is 0 Å². The average Bonchev–Trinajstić information content (AvgIpc) is 3.03. The van der Waals surface area contributed by atoms with E-state index in [1.165, 1.54) is 22.3 Å². The molecule has 2 aromatic heterocycles. The van der Waals surface area contributed by atoms with Crippen LogP contribution in [-0.2, 0) is 7.05 Å². The van der Waals surface area contributed by atoms with Gasteiger partial charge in [0.1, 0.15) is 12.6 Å². The first-order valence-electron chi connectivity index (χ1n) is 8.47. The van der Waals surface area contributed by atoms with Crippen molar-refractivity contribution >= 4 is 11.1 Å². The van der Waals surface area contributed by atoms with E-state index in [0.29, 0.717) is 5.89 Å². The summed E-state index contributed by atoms with van der Waals surface area (Å²) >= 11 is 0. The number of aryl methyl sites for hydroxylation is 3. The molecule has 0 amide bonds. The summed E-state index contributed by atoms with van der Waals surface area (Å²) in [5.74, 6) is 0.657. The lowest BCUT2D eigenvalue weighted by Crippen LogP contribution is -2.30. The molecule has 0 fully saturated rings. The van der Waals surface area contributed by atoms with E-state index in [1.54, 1.807) is 0 Å². The summed E-state index contributed by atoms with van der Waals surface area (Å²) < 4.78 is 8.34. The topological polar surface area (TPSA) is 29.9 Å². The first kappa shape index (κ1) is 15.6. The fourth-order valence-electron chi connectivity index (χ4n) is 3.33. The summed E-state index contributed by atoms with van der Waals surface area (Å²) in [6.07, 6.45) is 2.05. The molecule has 0 aliphatic carbocycles. The van der Waals surface area contributed by atoms with Gasteiger partial charge in [-0.25, -0.2) is 4.98 Å². The fraction of sp³-hybridized carbons (Fsp3) is 0.182. The molecule has 0 radical (unpaired) electrons. The minimum atomic E-state index is 0.657. The highest BCUT2D eigenvalue weighted by Crippen LogP contribution is 2.32. The summed E-state index contributed by atoms with van der Waals surface area (Å²) in [4.78, 5) is 4.70. The van der Waals surface area contributed by atoms with Crippen molar-refractivity contribution in [3.8, 4) is 22.7 Å². The third-order valence-electron chi connectivity index (χ3n) is 4.76. The Kier molecular flexibility index (Phi) is 3.65. The van der Waals surface area contributed by atoms with Crippen molar-refractivity contribution in [2.75, 3.05) is 0 Å². The zero-order chi connectivity index (χ0) is 17.6. The highest BCUT2D eigenvalue weighted by molar-refractivity contribution is 5.88. The highest BCUT2D eigenvalue weighted by atomic mass is 16.3. The lowest BCUT2D eigenvalue weighted by atomic mass is 9.97. The number of hydrogen-bond acceptors (Lipinski definition) is 2. The molecule has 0 saturated heterocycles. The van der Waals surface area contributed by atoms with E-state index in [-0.39, 0.29) is 0 Å². The second-order valence-corrected chi connectivity index (χ2v) is 6.63. The molecule has 0 aliphatic rings. The van der Waals surface area contributed by atoms with Gasteiger partial charge in [-0.2, -0.15) is 4.57 Å². The smallest absolute Gasteiger partial charge is 0.257 e. The van der Waals surface area contributed by atoms with Crippen LogP contribution in [0.2, 0.25) is 0 Å². The molecule has 0 atom stereocenters. The Morgan fingerprint density at radius 3 is 2.48 bits per heavy atom. The Morgan fingerprint density at radius 2 is 1.72 bits per heavy atom. The first-order valence-corrected chi connectivity index (χ1v) is 8.47. The lowest BCUT2D eigenvalue weighted by Gasteiger charge is -2.09. The van der Waals surface area contributed by atoms with Crippen LogP contribution in [0.4, 0.5) is 0 Å². The Balaban J connectivity index is 2.02. The van der Waals surface area contributed by atoms with Crippen LogP contribution in [0.1, 0.15) is 16.7 Å². The number of benzene rings is 2. The lowest BCUT2D eigenvalue weighted by molar-refractivity contribution is -0.659.